The minimum atomic E-state index is -4.46. The Hall–Kier alpha value is -1.20. The lowest BCUT2D eigenvalue weighted by Crippen LogP contribution is -2.54. The highest BCUT2D eigenvalue weighted by Crippen LogP contribution is 2.39. The number of aryl methyl sites for hydroxylation is 2. The molecule has 2 N–H and O–H groups in total. The molecule has 0 spiro atoms. The molecule has 1 aliphatic rings. The predicted octanol–water partition coefficient (Wildman–Crippen LogP) is 3.84. The Morgan fingerprint density at radius 2 is 1.59 bits per heavy atom. The molecule has 1 fully saturated rings. The number of hydrogen-bond acceptors (Lipinski definition) is 3. The van der Waals surface area contributed by atoms with E-state index in [-0.39, 0.29) is 19.0 Å². The van der Waals surface area contributed by atoms with E-state index in [9.17, 15) is 9.36 Å². The molecule has 1 amide bonds. The van der Waals surface area contributed by atoms with Crippen LogP contribution in [0.2, 0.25) is 0 Å². The second kappa shape index (κ2) is 11.0. The summed E-state index contributed by atoms with van der Waals surface area (Å²) in [6.07, 6.45) is 8.95. The van der Waals surface area contributed by atoms with Crippen LogP contribution in [0, 0.1) is 0 Å². The maximum absolute atomic E-state index is 12.0. The fourth-order valence-corrected chi connectivity index (χ4v) is 3.82. The van der Waals surface area contributed by atoms with E-state index in [1.54, 1.807) is 4.90 Å². The minimum absolute atomic E-state index is 0.0305. The Kier molecular flexibility index (Phi) is 8.97. The van der Waals surface area contributed by atoms with Gasteiger partial charge in [-0.05, 0) is 43.2 Å². The molecule has 1 aliphatic heterocycles. The third-order valence-corrected chi connectivity index (χ3v) is 5.51. The van der Waals surface area contributed by atoms with Crippen LogP contribution in [0.1, 0.15) is 63.0 Å². The van der Waals surface area contributed by atoms with Crippen LogP contribution in [0.15, 0.2) is 24.3 Å². The van der Waals surface area contributed by atoms with Crippen molar-refractivity contribution in [2.24, 2.45) is 0 Å². The van der Waals surface area contributed by atoms with Gasteiger partial charge in [0.05, 0.1) is 0 Å². The van der Waals surface area contributed by atoms with Crippen molar-refractivity contribution in [1.82, 2.24) is 4.90 Å². The molecule has 2 rings (SSSR count). The molecule has 1 aromatic carbocycles. The standard InChI is InChI=1S/C20H32NO5P/c1-2-3-4-5-8-17-11-13-18(14-12-17)9-6-7-10-20(22)21-15-19(16-21)26-27(23,24)25/h11-14,19H,2-10,15-16H2,1H3,(H2,23,24,25). The molecule has 0 aromatic heterocycles. The molecule has 27 heavy (non-hydrogen) atoms. The van der Waals surface area contributed by atoms with E-state index in [2.05, 4.69) is 35.7 Å². The van der Waals surface area contributed by atoms with E-state index in [1.165, 1.54) is 36.8 Å². The average Bonchev–Trinajstić information content (AvgIpc) is 2.58. The molecule has 6 nitrogen and oxygen atoms in total. The highest BCUT2D eigenvalue weighted by molar-refractivity contribution is 7.46. The Balaban J connectivity index is 1.56. The average molecular weight is 397 g/mol. The summed E-state index contributed by atoms with van der Waals surface area (Å²) in [4.78, 5) is 31.1. The molecule has 1 aromatic rings. The van der Waals surface area contributed by atoms with Crippen LogP contribution in [0.25, 0.3) is 0 Å². The molecule has 7 heteroatoms. The lowest BCUT2D eigenvalue weighted by atomic mass is 10.0. The first kappa shape index (κ1) is 22.1. The molecule has 1 saturated heterocycles. The Morgan fingerprint density at radius 1 is 1.04 bits per heavy atom. The molecular formula is C20H32NO5P. The number of amides is 1. The monoisotopic (exact) mass is 397 g/mol. The molecule has 0 atom stereocenters. The normalized spacial score (nSPS) is 15.0. The maximum atomic E-state index is 12.0. The summed E-state index contributed by atoms with van der Waals surface area (Å²) < 4.78 is 15.3. The summed E-state index contributed by atoms with van der Waals surface area (Å²) in [5.74, 6) is 0.0305. The van der Waals surface area contributed by atoms with Crippen LogP contribution in [0.3, 0.4) is 0 Å². The van der Waals surface area contributed by atoms with Crippen molar-refractivity contribution in [3.63, 3.8) is 0 Å². The molecule has 0 bridgehead atoms. The number of unbranched alkanes of at least 4 members (excludes halogenated alkanes) is 4. The number of carbonyl (C=O) groups excluding carboxylic acids is 1. The topological polar surface area (TPSA) is 87.1 Å². The van der Waals surface area contributed by atoms with Gasteiger partial charge in [-0.1, -0.05) is 50.5 Å². The summed E-state index contributed by atoms with van der Waals surface area (Å²) >= 11 is 0. The van der Waals surface area contributed by atoms with E-state index in [0.717, 1.165) is 25.7 Å². The SMILES string of the molecule is CCCCCCc1ccc(CCCCC(=O)N2CC(OP(=O)(O)O)C2)cc1. The first-order chi connectivity index (χ1) is 12.9. The number of benzene rings is 1. The molecule has 152 valence electrons. The second-order valence-corrected chi connectivity index (χ2v) is 8.54. The van der Waals surface area contributed by atoms with Crippen LogP contribution >= 0.6 is 7.82 Å². The van der Waals surface area contributed by atoms with Crippen molar-refractivity contribution >= 4 is 13.7 Å². The number of carbonyl (C=O) groups is 1. The molecule has 0 radical (unpaired) electrons. The fourth-order valence-electron chi connectivity index (χ4n) is 3.29. The van der Waals surface area contributed by atoms with Crippen molar-refractivity contribution in [3.8, 4) is 0 Å². The number of nitrogens with zero attached hydrogens (tertiary/aromatic N) is 1. The molecule has 0 unspecified atom stereocenters. The van der Waals surface area contributed by atoms with Crippen LogP contribution in [0.4, 0.5) is 0 Å². The summed E-state index contributed by atoms with van der Waals surface area (Å²) in [6, 6.07) is 8.81. The lowest BCUT2D eigenvalue weighted by molar-refractivity contribution is -0.140. The predicted molar refractivity (Wildman–Crippen MR) is 105 cm³/mol. The van der Waals surface area contributed by atoms with E-state index >= 15 is 0 Å². The highest BCUT2D eigenvalue weighted by Gasteiger charge is 2.35. The third-order valence-electron chi connectivity index (χ3n) is 4.94. The van der Waals surface area contributed by atoms with Crippen molar-refractivity contribution in [2.45, 2.75) is 70.8 Å². The first-order valence-electron chi connectivity index (χ1n) is 9.97. The molecular weight excluding hydrogens is 365 g/mol. The Labute approximate surface area is 162 Å². The van der Waals surface area contributed by atoms with Crippen LogP contribution in [-0.2, 0) is 26.7 Å². The van der Waals surface area contributed by atoms with Gasteiger partial charge >= 0.3 is 7.82 Å². The maximum Gasteiger partial charge on any atom is 0.469 e. The molecule has 0 aliphatic carbocycles. The zero-order valence-electron chi connectivity index (χ0n) is 16.2. The number of rotatable bonds is 12. The van der Waals surface area contributed by atoms with Gasteiger partial charge in [-0.3, -0.25) is 9.32 Å². The zero-order chi connectivity index (χ0) is 19.7. The van der Waals surface area contributed by atoms with Gasteiger partial charge in [0.25, 0.3) is 0 Å². The van der Waals surface area contributed by atoms with E-state index in [1.807, 2.05) is 0 Å². The van der Waals surface area contributed by atoms with Crippen LogP contribution in [0.5, 0.6) is 0 Å². The second-order valence-electron chi connectivity index (χ2n) is 7.35. The zero-order valence-corrected chi connectivity index (χ0v) is 17.1. The Bertz CT molecular complexity index is 622. The first-order valence-corrected chi connectivity index (χ1v) is 11.5. The van der Waals surface area contributed by atoms with Crippen molar-refractivity contribution in [2.75, 3.05) is 13.1 Å². The van der Waals surface area contributed by atoms with Gasteiger partial charge in [-0.2, -0.15) is 0 Å². The van der Waals surface area contributed by atoms with Crippen molar-refractivity contribution in [3.05, 3.63) is 35.4 Å². The van der Waals surface area contributed by atoms with Crippen LogP contribution in [-0.4, -0.2) is 39.8 Å². The van der Waals surface area contributed by atoms with Gasteiger partial charge in [0.2, 0.25) is 5.91 Å². The van der Waals surface area contributed by atoms with Crippen LogP contribution < -0.4 is 0 Å². The summed E-state index contributed by atoms with van der Waals surface area (Å²) in [5, 5.41) is 0. The Morgan fingerprint density at radius 3 is 2.11 bits per heavy atom. The van der Waals surface area contributed by atoms with Crippen molar-refractivity contribution < 1.29 is 23.7 Å². The van der Waals surface area contributed by atoms with Gasteiger partial charge in [-0.25, -0.2) is 4.57 Å². The lowest BCUT2D eigenvalue weighted by Gasteiger charge is -2.38. The molecule has 0 saturated carbocycles. The number of phosphoric acid groups is 1. The fraction of sp³-hybridized carbons (Fsp3) is 0.650. The third kappa shape index (κ3) is 8.56. The van der Waals surface area contributed by atoms with Gasteiger partial charge in [0.1, 0.15) is 6.10 Å². The van der Waals surface area contributed by atoms with Gasteiger partial charge in [0, 0.05) is 19.5 Å². The van der Waals surface area contributed by atoms with Gasteiger partial charge in [-0.15, -0.1) is 0 Å². The largest absolute Gasteiger partial charge is 0.469 e. The van der Waals surface area contributed by atoms with E-state index < -0.39 is 13.9 Å². The number of hydrogen-bond donors (Lipinski definition) is 2. The summed E-state index contributed by atoms with van der Waals surface area (Å²) in [7, 11) is -4.46. The van der Waals surface area contributed by atoms with Gasteiger partial charge in [0.15, 0.2) is 0 Å². The van der Waals surface area contributed by atoms with Gasteiger partial charge < -0.3 is 14.7 Å². The quantitative estimate of drug-likeness (QED) is 0.413. The van der Waals surface area contributed by atoms with E-state index in [0.29, 0.717) is 6.42 Å². The summed E-state index contributed by atoms with van der Waals surface area (Å²) in [6.45, 7) is 2.76. The van der Waals surface area contributed by atoms with E-state index in [4.69, 9.17) is 9.79 Å². The number of phosphoric ester groups is 1. The summed E-state index contributed by atoms with van der Waals surface area (Å²) in [5.41, 5.74) is 2.70. The minimum Gasteiger partial charge on any atom is -0.337 e. The number of likely N-dealkylation sites (tertiary alicyclic amines) is 1. The molecule has 1 heterocycles. The van der Waals surface area contributed by atoms with Crippen molar-refractivity contribution in [1.29, 1.82) is 0 Å². The highest BCUT2D eigenvalue weighted by atomic mass is 31.2. The smallest absolute Gasteiger partial charge is 0.337 e.